The molecule has 212 valence electrons. The van der Waals surface area contributed by atoms with Crippen LogP contribution in [0.3, 0.4) is 0 Å². The minimum absolute atomic E-state index is 0.142. The number of hydrogen-bond acceptors (Lipinski definition) is 5. The van der Waals surface area contributed by atoms with E-state index in [0.717, 1.165) is 12.1 Å². The van der Waals surface area contributed by atoms with Gasteiger partial charge in [0.2, 0.25) is 5.91 Å². The Bertz CT molecular complexity index is 1740. The molecular formula is C30H22ClF4NO5. The number of benzene rings is 3. The topological polar surface area (TPSA) is 85.6 Å². The minimum Gasteiger partial charge on any atom is -0.463 e. The molecule has 1 heterocycles. The van der Waals surface area contributed by atoms with Crippen LogP contribution in [0.5, 0.6) is 0 Å². The zero-order chi connectivity index (χ0) is 29.9. The number of hydrogen-bond donors (Lipinski definition) is 1. The Balaban J connectivity index is 1.82. The highest BCUT2D eigenvalue weighted by atomic mass is 35.5. The van der Waals surface area contributed by atoms with Crippen molar-refractivity contribution in [1.82, 2.24) is 0 Å². The highest BCUT2D eigenvalue weighted by Crippen LogP contribution is 2.37. The standard InChI is InChI=1S/C30H22ClF4NO5/c1-3-40-27(38)10-7-17-5-4-6-18(12-17)28-20-14-23(31)16(2)11-25(20)41-29(39)21(28)15-26(37)36-24-9-8-19(32)13-22(24)30(33,34)35/h4-14H,3,15H2,1-2H3,(H,36,37). The molecule has 1 amide bonds. The fraction of sp³-hybridized carbons (Fsp3) is 0.167. The molecule has 4 aromatic rings. The van der Waals surface area contributed by atoms with Crippen LogP contribution in [0, 0.1) is 12.7 Å². The molecule has 0 unspecified atom stereocenters. The zero-order valence-corrected chi connectivity index (χ0v) is 22.5. The van der Waals surface area contributed by atoms with Crippen LogP contribution < -0.4 is 10.9 Å². The second kappa shape index (κ2) is 12.0. The van der Waals surface area contributed by atoms with Gasteiger partial charge in [0.25, 0.3) is 0 Å². The molecule has 0 radical (unpaired) electrons. The maximum Gasteiger partial charge on any atom is 0.418 e. The Kier molecular flexibility index (Phi) is 8.63. The molecule has 0 aliphatic heterocycles. The quantitative estimate of drug-likeness (QED) is 0.106. The predicted octanol–water partition coefficient (Wildman–Crippen LogP) is 7.34. The first-order chi connectivity index (χ1) is 19.4. The van der Waals surface area contributed by atoms with Gasteiger partial charge in [-0.2, -0.15) is 13.2 Å². The largest absolute Gasteiger partial charge is 0.463 e. The van der Waals surface area contributed by atoms with Crippen LogP contribution in [-0.2, 0) is 26.9 Å². The van der Waals surface area contributed by atoms with E-state index in [9.17, 15) is 31.9 Å². The smallest absolute Gasteiger partial charge is 0.418 e. The Hall–Kier alpha value is -4.44. The van der Waals surface area contributed by atoms with Gasteiger partial charge < -0.3 is 14.5 Å². The fourth-order valence-electron chi connectivity index (χ4n) is 4.22. The molecule has 0 saturated heterocycles. The molecular weight excluding hydrogens is 566 g/mol. The third kappa shape index (κ3) is 6.83. The van der Waals surface area contributed by atoms with Crippen molar-refractivity contribution in [2.75, 3.05) is 11.9 Å². The van der Waals surface area contributed by atoms with Gasteiger partial charge in [0.05, 0.1) is 29.8 Å². The second-order valence-electron chi connectivity index (χ2n) is 8.96. The molecule has 0 atom stereocenters. The van der Waals surface area contributed by atoms with Crippen LogP contribution >= 0.6 is 11.6 Å². The lowest BCUT2D eigenvalue weighted by Crippen LogP contribution is -2.22. The number of halogens is 5. The van der Waals surface area contributed by atoms with Crippen LogP contribution in [0.4, 0.5) is 23.2 Å². The van der Waals surface area contributed by atoms with Gasteiger partial charge in [0, 0.05) is 22.0 Å². The number of ether oxygens (including phenoxy) is 1. The summed E-state index contributed by atoms with van der Waals surface area (Å²) in [6.45, 7) is 3.58. The molecule has 41 heavy (non-hydrogen) atoms. The monoisotopic (exact) mass is 587 g/mol. The van der Waals surface area contributed by atoms with E-state index < -0.39 is 47.2 Å². The summed E-state index contributed by atoms with van der Waals surface area (Å²) in [5, 5.41) is 2.86. The van der Waals surface area contributed by atoms with Gasteiger partial charge >= 0.3 is 17.8 Å². The normalized spacial score (nSPS) is 11.7. The van der Waals surface area contributed by atoms with Crippen LogP contribution in [0.25, 0.3) is 28.2 Å². The number of rotatable bonds is 7. The summed E-state index contributed by atoms with van der Waals surface area (Å²) >= 11 is 6.37. The van der Waals surface area contributed by atoms with Gasteiger partial charge in [-0.15, -0.1) is 0 Å². The van der Waals surface area contributed by atoms with Crippen molar-refractivity contribution in [3.63, 3.8) is 0 Å². The van der Waals surface area contributed by atoms with Crippen molar-refractivity contribution in [2.24, 2.45) is 0 Å². The number of aryl methyl sites for hydroxylation is 1. The number of alkyl halides is 3. The molecule has 0 saturated carbocycles. The van der Waals surface area contributed by atoms with E-state index in [1.54, 1.807) is 50.2 Å². The van der Waals surface area contributed by atoms with Crippen LogP contribution in [0.15, 0.2) is 69.9 Å². The molecule has 0 bridgehead atoms. The summed E-state index contributed by atoms with van der Waals surface area (Å²) in [6.07, 6.45) is -2.87. The van der Waals surface area contributed by atoms with Gasteiger partial charge in [-0.25, -0.2) is 14.0 Å². The predicted molar refractivity (Wildman–Crippen MR) is 147 cm³/mol. The minimum atomic E-state index is -4.94. The molecule has 11 heteroatoms. The van der Waals surface area contributed by atoms with Crippen LogP contribution in [0.2, 0.25) is 5.02 Å². The van der Waals surface area contributed by atoms with Crippen LogP contribution in [0.1, 0.15) is 29.2 Å². The molecule has 0 aliphatic rings. The maximum atomic E-state index is 13.5. The Morgan fingerprint density at radius 3 is 2.56 bits per heavy atom. The van der Waals surface area contributed by atoms with E-state index >= 15 is 0 Å². The Labute approximate surface area is 236 Å². The molecule has 0 fully saturated rings. The first-order valence-electron chi connectivity index (χ1n) is 12.2. The van der Waals surface area contributed by atoms with Crippen molar-refractivity contribution in [1.29, 1.82) is 0 Å². The lowest BCUT2D eigenvalue weighted by Gasteiger charge is -2.16. The number of nitrogens with one attached hydrogen (secondary N) is 1. The van der Waals surface area contributed by atoms with Crippen LogP contribution in [-0.4, -0.2) is 18.5 Å². The first kappa shape index (κ1) is 29.5. The van der Waals surface area contributed by atoms with Crippen molar-refractivity contribution >= 4 is 46.2 Å². The number of carbonyl (C=O) groups is 2. The Morgan fingerprint density at radius 1 is 1.10 bits per heavy atom. The average Bonchev–Trinajstić information content (AvgIpc) is 2.90. The van der Waals surface area contributed by atoms with E-state index in [4.69, 9.17) is 20.8 Å². The molecule has 3 aromatic carbocycles. The van der Waals surface area contributed by atoms with Gasteiger partial charge in [-0.3, -0.25) is 4.79 Å². The fourth-order valence-corrected chi connectivity index (χ4v) is 4.38. The zero-order valence-electron chi connectivity index (χ0n) is 21.7. The summed E-state index contributed by atoms with van der Waals surface area (Å²) in [7, 11) is 0. The van der Waals surface area contributed by atoms with Crippen molar-refractivity contribution in [2.45, 2.75) is 26.4 Å². The highest BCUT2D eigenvalue weighted by molar-refractivity contribution is 6.32. The number of amides is 1. The summed E-state index contributed by atoms with van der Waals surface area (Å²) in [6, 6.07) is 11.6. The van der Waals surface area contributed by atoms with Gasteiger partial charge in [0.1, 0.15) is 11.4 Å². The van der Waals surface area contributed by atoms with Crippen molar-refractivity contribution in [3.05, 3.63) is 104 Å². The van der Waals surface area contributed by atoms with Crippen molar-refractivity contribution in [3.8, 4) is 11.1 Å². The summed E-state index contributed by atoms with van der Waals surface area (Å²) in [4.78, 5) is 38.0. The average molecular weight is 588 g/mol. The van der Waals surface area contributed by atoms with Gasteiger partial charge in [-0.1, -0.05) is 29.8 Å². The Morgan fingerprint density at radius 2 is 1.85 bits per heavy atom. The molecule has 1 aromatic heterocycles. The van der Waals surface area contributed by atoms with E-state index in [2.05, 4.69) is 5.32 Å². The SMILES string of the molecule is CCOC(=O)C=Cc1cccc(-c2c(CC(=O)Nc3ccc(F)cc3C(F)(F)F)c(=O)oc3cc(C)c(Cl)cc23)c1. The number of carbonyl (C=O) groups excluding carboxylic acids is 2. The summed E-state index contributed by atoms with van der Waals surface area (Å²) < 4.78 is 64.3. The molecule has 0 aliphatic carbocycles. The third-order valence-corrected chi connectivity index (χ3v) is 6.46. The lowest BCUT2D eigenvalue weighted by atomic mass is 9.93. The van der Waals surface area contributed by atoms with E-state index in [0.29, 0.717) is 27.1 Å². The lowest BCUT2D eigenvalue weighted by molar-refractivity contribution is -0.138. The molecule has 1 N–H and O–H groups in total. The summed E-state index contributed by atoms with van der Waals surface area (Å²) in [5.41, 5.74) is -0.970. The third-order valence-electron chi connectivity index (χ3n) is 6.05. The molecule has 6 nitrogen and oxygen atoms in total. The van der Waals surface area contributed by atoms with Gasteiger partial charge in [-0.05, 0) is 73.0 Å². The molecule has 4 rings (SSSR count). The maximum absolute atomic E-state index is 13.5. The van der Waals surface area contributed by atoms with E-state index in [-0.39, 0.29) is 29.4 Å². The van der Waals surface area contributed by atoms with Gasteiger partial charge in [0.15, 0.2) is 0 Å². The highest BCUT2D eigenvalue weighted by Gasteiger charge is 2.34. The van der Waals surface area contributed by atoms with Crippen molar-refractivity contribution < 1.29 is 36.3 Å². The number of esters is 1. The van der Waals surface area contributed by atoms with E-state index in [1.807, 2.05) is 0 Å². The first-order valence-corrected chi connectivity index (χ1v) is 12.6. The molecule has 0 spiro atoms. The summed E-state index contributed by atoms with van der Waals surface area (Å²) in [5.74, 6) is -2.65. The van der Waals surface area contributed by atoms with E-state index in [1.165, 1.54) is 12.2 Å². The second-order valence-corrected chi connectivity index (χ2v) is 9.37. The number of fused-ring (bicyclic) bond motifs is 1. The number of anilines is 1.